The highest BCUT2D eigenvalue weighted by Gasteiger charge is 2.15. The van der Waals surface area contributed by atoms with Crippen LogP contribution in [0.3, 0.4) is 0 Å². The highest BCUT2D eigenvalue weighted by Crippen LogP contribution is 2.24. The monoisotopic (exact) mass is 239 g/mol. The molecule has 0 fully saturated rings. The summed E-state index contributed by atoms with van der Waals surface area (Å²) in [6.07, 6.45) is 1.77. The highest BCUT2D eigenvalue weighted by molar-refractivity contribution is 6.30. The molecule has 0 spiro atoms. The SMILES string of the molecule is COCC(C)c1nc2ccc(Cl)cn2c1N. The molecule has 0 amide bonds. The zero-order valence-corrected chi connectivity index (χ0v) is 10.0. The van der Waals surface area contributed by atoms with Gasteiger partial charge in [-0.3, -0.25) is 4.40 Å². The Kier molecular flexibility index (Phi) is 3.03. The Bertz CT molecular complexity index is 509. The number of fused-ring (bicyclic) bond motifs is 1. The van der Waals surface area contributed by atoms with E-state index in [4.69, 9.17) is 22.1 Å². The van der Waals surface area contributed by atoms with Crippen molar-refractivity contribution in [1.82, 2.24) is 9.38 Å². The van der Waals surface area contributed by atoms with Crippen molar-refractivity contribution in [3.05, 3.63) is 29.0 Å². The number of hydrogen-bond donors (Lipinski definition) is 1. The minimum Gasteiger partial charge on any atom is -0.384 e. The van der Waals surface area contributed by atoms with Gasteiger partial charge in [-0.05, 0) is 12.1 Å². The smallest absolute Gasteiger partial charge is 0.138 e. The number of nitrogens with two attached hydrogens (primary N) is 1. The Balaban J connectivity index is 2.51. The molecule has 0 aromatic carbocycles. The molecule has 0 radical (unpaired) electrons. The average Bonchev–Trinajstić information content (AvgIpc) is 2.57. The molecule has 0 aliphatic rings. The van der Waals surface area contributed by atoms with Crippen LogP contribution in [0.2, 0.25) is 5.02 Å². The zero-order chi connectivity index (χ0) is 11.7. The topological polar surface area (TPSA) is 52.5 Å². The van der Waals surface area contributed by atoms with E-state index >= 15 is 0 Å². The fourth-order valence-corrected chi connectivity index (χ4v) is 1.91. The molecule has 4 nitrogen and oxygen atoms in total. The van der Waals surface area contributed by atoms with Crippen LogP contribution in [0, 0.1) is 0 Å². The van der Waals surface area contributed by atoms with Crippen molar-refractivity contribution in [3.63, 3.8) is 0 Å². The van der Waals surface area contributed by atoms with Crippen LogP contribution in [0.1, 0.15) is 18.5 Å². The zero-order valence-electron chi connectivity index (χ0n) is 9.27. The molecule has 2 aromatic rings. The molecule has 2 aromatic heterocycles. The Labute approximate surface area is 99.0 Å². The van der Waals surface area contributed by atoms with E-state index in [1.165, 1.54) is 0 Å². The summed E-state index contributed by atoms with van der Waals surface area (Å²) in [5, 5.41) is 0.641. The second kappa shape index (κ2) is 4.31. The average molecular weight is 240 g/mol. The van der Waals surface area contributed by atoms with Gasteiger partial charge in [0.25, 0.3) is 0 Å². The van der Waals surface area contributed by atoms with Crippen LogP contribution in [0.5, 0.6) is 0 Å². The van der Waals surface area contributed by atoms with Gasteiger partial charge in [-0.1, -0.05) is 18.5 Å². The Morgan fingerprint density at radius 2 is 2.31 bits per heavy atom. The molecule has 1 unspecified atom stereocenters. The molecule has 0 bridgehead atoms. The molecule has 2 rings (SSSR count). The third-order valence-electron chi connectivity index (χ3n) is 2.53. The van der Waals surface area contributed by atoms with Crippen molar-refractivity contribution >= 4 is 23.1 Å². The fourth-order valence-electron chi connectivity index (χ4n) is 1.75. The third-order valence-corrected chi connectivity index (χ3v) is 2.75. The molecule has 0 aliphatic heterocycles. The normalized spacial score (nSPS) is 13.2. The standard InChI is InChI=1S/C11H14ClN3O/c1-7(6-16-2)10-11(13)15-5-8(12)3-4-9(15)14-10/h3-5,7H,6,13H2,1-2H3. The van der Waals surface area contributed by atoms with Crippen LogP contribution in [-0.2, 0) is 4.74 Å². The maximum absolute atomic E-state index is 6.03. The van der Waals surface area contributed by atoms with Gasteiger partial charge >= 0.3 is 0 Å². The second-order valence-corrected chi connectivity index (χ2v) is 4.25. The lowest BCUT2D eigenvalue weighted by Gasteiger charge is -2.07. The van der Waals surface area contributed by atoms with Crippen molar-refractivity contribution in [2.24, 2.45) is 0 Å². The Morgan fingerprint density at radius 1 is 1.56 bits per heavy atom. The van der Waals surface area contributed by atoms with E-state index in [1.54, 1.807) is 23.8 Å². The molecule has 1 atom stereocenters. The number of nitrogens with zero attached hydrogens (tertiary/aromatic N) is 2. The number of pyridine rings is 1. The first-order valence-corrected chi connectivity index (χ1v) is 5.43. The highest BCUT2D eigenvalue weighted by atomic mass is 35.5. The summed E-state index contributed by atoms with van der Waals surface area (Å²) in [6, 6.07) is 3.65. The number of nitrogen functional groups attached to an aromatic ring is 1. The van der Waals surface area contributed by atoms with Crippen LogP contribution in [0.15, 0.2) is 18.3 Å². The molecule has 16 heavy (non-hydrogen) atoms. The van der Waals surface area contributed by atoms with Gasteiger partial charge in [0.15, 0.2) is 0 Å². The number of ether oxygens (including phenoxy) is 1. The van der Waals surface area contributed by atoms with Crippen molar-refractivity contribution in [3.8, 4) is 0 Å². The van der Waals surface area contributed by atoms with E-state index < -0.39 is 0 Å². The van der Waals surface area contributed by atoms with Gasteiger partial charge in [0, 0.05) is 19.2 Å². The summed E-state index contributed by atoms with van der Waals surface area (Å²) < 4.78 is 6.90. The first-order valence-electron chi connectivity index (χ1n) is 5.05. The van der Waals surface area contributed by atoms with Crippen molar-refractivity contribution in [2.45, 2.75) is 12.8 Å². The molecule has 0 aliphatic carbocycles. The minimum absolute atomic E-state index is 0.170. The molecule has 2 heterocycles. The first kappa shape index (κ1) is 11.2. The van der Waals surface area contributed by atoms with Gasteiger partial charge in [-0.25, -0.2) is 4.98 Å². The van der Waals surface area contributed by atoms with Gasteiger partial charge in [0.1, 0.15) is 11.5 Å². The number of imidazole rings is 1. The van der Waals surface area contributed by atoms with Gasteiger partial charge in [-0.15, -0.1) is 0 Å². The quantitative estimate of drug-likeness (QED) is 0.894. The number of hydrogen-bond acceptors (Lipinski definition) is 3. The summed E-state index contributed by atoms with van der Waals surface area (Å²) in [5.74, 6) is 0.797. The van der Waals surface area contributed by atoms with E-state index in [-0.39, 0.29) is 5.92 Å². The summed E-state index contributed by atoms with van der Waals surface area (Å²) in [7, 11) is 1.67. The Morgan fingerprint density at radius 3 is 3.00 bits per heavy atom. The molecule has 86 valence electrons. The summed E-state index contributed by atoms with van der Waals surface area (Å²) in [6.45, 7) is 2.63. The number of aromatic nitrogens is 2. The largest absolute Gasteiger partial charge is 0.384 e. The lowest BCUT2D eigenvalue weighted by molar-refractivity contribution is 0.183. The van der Waals surface area contributed by atoms with E-state index in [1.807, 2.05) is 13.0 Å². The summed E-state index contributed by atoms with van der Waals surface area (Å²) in [4.78, 5) is 4.47. The van der Waals surface area contributed by atoms with Gasteiger partial charge in [0.2, 0.25) is 0 Å². The first-order chi connectivity index (χ1) is 7.63. The molecular formula is C11H14ClN3O. The van der Waals surface area contributed by atoms with Gasteiger partial charge < -0.3 is 10.5 Å². The predicted octanol–water partition coefficient (Wildman–Crippen LogP) is 2.32. The molecule has 2 N–H and O–H groups in total. The molecule has 0 saturated heterocycles. The maximum atomic E-state index is 6.03. The lowest BCUT2D eigenvalue weighted by atomic mass is 10.1. The van der Waals surface area contributed by atoms with Gasteiger partial charge in [-0.2, -0.15) is 0 Å². The van der Waals surface area contributed by atoms with Crippen LogP contribution in [0.25, 0.3) is 5.65 Å². The summed E-state index contributed by atoms with van der Waals surface area (Å²) >= 11 is 5.91. The second-order valence-electron chi connectivity index (χ2n) is 3.81. The molecule has 5 heteroatoms. The van der Waals surface area contributed by atoms with E-state index in [2.05, 4.69) is 4.98 Å². The Hall–Kier alpha value is -1.26. The van der Waals surface area contributed by atoms with Crippen LogP contribution in [-0.4, -0.2) is 23.1 Å². The lowest BCUT2D eigenvalue weighted by Crippen LogP contribution is -2.05. The van der Waals surface area contributed by atoms with Crippen LogP contribution < -0.4 is 5.73 Å². The minimum atomic E-state index is 0.170. The maximum Gasteiger partial charge on any atom is 0.138 e. The van der Waals surface area contributed by atoms with Gasteiger partial charge in [0.05, 0.1) is 17.3 Å². The van der Waals surface area contributed by atoms with Crippen molar-refractivity contribution in [1.29, 1.82) is 0 Å². The fraction of sp³-hybridized carbons (Fsp3) is 0.364. The number of rotatable bonds is 3. The van der Waals surface area contributed by atoms with Crippen molar-refractivity contribution < 1.29 is 4.74 Å². The number of halogens is 1. The predicted molar refractivity (Wildman–Crippen MR) is 64.9 cm³/mol. The number of methoxy groups -OCH3 is 1. The van der Waals surface area contributed by atoms with Crippen LogP contribution in [0.4, 0.5) is 5.82 Å². The summed E-state index contributed by atoms with van der Waals surface area (Å²) in [5.41, 5.74) is 7.68. The number of anilines is 1. The van der Waals surface area contributed by atoms with E-state index in [0.717, 1.165) is 11.3 Å². The van der Waals surface area contributed by atoms with E-state index in [0.29, 0.717) is 17.4 Å². The van der Waals surface area contributed by atoms with E-state index in [9.17, 15) is 0 Å². The third kappa shape index (κ3) is 1.86. The molecular weight excluding hydrogens is 226 g/mol. The van der Waals surface area contributed by atoms with Crippen molar-refractivity contribution in [2.75, 3.05) is 19.5 Å². The van der Waals surface area contributed by atoms with Crippen LogP contribution >= 0.6 is 11.6 Å². The molecule has 0 saturated carbocycles.